The van der Waals surface area contributed by atoms with Crippen LogP contribution in [0, 0.1) is 13.8 Å². The number of nitrogens with two attached hydrogens (primary N) is 1. The molecule has 1 atom stereocenters. The topological polar surface area (TPSA) is 118 Å². The number of aliphatic hydroxyl groups is 1. The van der Waals surface area contributed by atoms with Gasteiger partial charge < -0.3 is 20.6 Å². The fraction of sp³-hybridized carbons (Fsp3) is 0.565. The number of hydrogen-bond donors (Lipinski definition) is 3. The molecule has 0 radical (unpaired) electrons. The number of aryl methyl sites for hydroxylation is 2. The van der Waals surface area contributed by atoms with Gasteiger partial charge >= 0.3 is 0 Å². The highest BCUT2D eigenvalue weighted by atomic mass is 32.2. The molecule has 0 amide bonds. The van der Waals surface area contributed by atoms with E-state index in [0.717, 1.165) is 17.3 Å². The monoisotopic (exact) mass is 531 g/mol. The Kier molecular flexibility index (Phi) is 17.5. The molecule has 2 aromatic rings. The van der Waals surface area contributed by atoms with Gasteiger partial charge in [0, 0.05) is 25.2 Å². The first-order chi connectivity index (χ1) is 16.3. The van der Waals surface area contributed by atoms with Crippen LogP contribution in [-0.4, -0.2) is 35.5 Å². The SMILES string of the molecule is CC.CCC.CCN(CC)S(=O)C1=C(O)CC(N)=CS1.Cc1cc(CNc2cnsn2)oc1C. The van der Waals surface area contributed by atoms with Crippen LogP contribution >= 0.6 is 23.5 Å². The van der Waals surface area contributed by atoms with E-state index in [1.165, 1.54) is 35.5 Å². The number of furan rings is 1. The Labute approximate surface area is 216 Å². The number of nitrogens with zero attached hydrogens (tertiary/aromatic N) is 3. The Hall–Kier alpha value is -1.82. The summed E-state index contributed by atoms with van der Waals surface area (Å²) in [5.74, 6) is 2.82. The van der Waals surface area contributed by atoms with E-state index in [-0.39, 0.29) is 5.76 Å². The van der Waals surface area contributed by atoms with Crippen molar-refractivity contribution < 1.29 is 13.7 Å². The fourth-order valence-electron chi connectivity index (χ4n) is 2.38. The van der Waals surface area contributed by atoms with Gasteiger partial charge in [0.2, 0.25) is 0 Å². The zero-order valence-electron chi connectivity index (χ0n) is 21.7. The molecule has 3 rings (SSSR count). The van der Waals surface area contributed by atoms with Gasteiger partial charge in [-0.2, -0.15) is 8.75 Å². The second-order valence-electron chi connectivity index (χ2n) is 6.89. The van der Waals surface area contributed by atoms with Crippen molar-refractivity contribution in [2.75, 3.05) is 18.4 Å². The van der Waals surface area contributed by atoms with Crippen LogP contribution in [0.1, 0.15) is 71.5 Å². The van der Waals surface area contributed by atoms with Crippen LogP contribution in [0.2, 0.25) is 0 Å². The quantitative estimate of drug-likeness (QED) is 0.373. The lowest BCUT2D eigenvalue weighted by Crippen LogP contribution is -2.26. The Morgan fingerprint density at radius 1 is 1.24 bits per heavy atom. The summed E-state index contributed by atoms with van der Waals surface area (Å²) in [5.41, 5.74) is 7.35. The highest BCUT2D eigenvalue weighted by Crippen LogP contribution is 2.32. The molecular formula is C23H41N5O3S3. The highest BCUT2D eigenvalue weighted by Gasteiger charge is 2.22. The van der Waals surface area contributed by atoms with Crippen LogP contribution in [-0.2, 0) is 17.5 Å². The van der Waals surface area contributed by atoms with Gasteiger partial charge in [-0.25, -0.2) is 8.51 Å². The van der Waals surface area contributed by atoms with E-state index >= 15 is 0 Å². The Balaban J connectivity index is 0.000000540. The smallest absolute Gasteiger partial charge is 0.160 e. The highest BCUT2D eigenvalue weighted by molar-refractivity contribution is 8.17. The van der Waals surface area contributed by atoms with E-state index in [9.17, 15) is 9.32 Å². The molecule has 11 heteroatoms. The van der Waals surface area contributed by atoms with Crippen LogP contribution < -0.4 is 11.1 Å². The third-order valence-corrected chi connectivity index (χ3v) is 7.65. The average Bonchev–Trinajstić information content (AvgIpc) is 3.45. The minimum absolute atomic E-state index is 0.130. The van der Waals surface area contributed by atoms with Crippen molar-refractivity contribution in [2.24, 2.45) is 5.73 Å². The molecule has 0 saturated heterocycles. The summed E-state index contributed by atoms with van der Waals surface area (Å²) in [7, 11) is -1.26. The second kappa shape index (κ2) is 18.5. The lowest BCUT2D eigenvalue weighted by Gasteiger charge is -2.20. The van der Waals surface area contributed by atoms with Gasteiger partial charge in [0.15, 0.2) is 5.82 Å². The first-order valence-corrected chi connectivity index (χ1v) is 14.3. The molecule has 194 valence electrons. The van der Waals surface area contributed by atoms with Gasteiger partial charge in [-0.3, -0.25) is 0 Å². The minimum Gasteiger partial charge on any atom is -0.510 e. The maximum absolute atomic E-state index is 12.0. The molecule has 0 bridgehead atoms. The van der Waals surface area contributed by atoms with E-state index in [2.05, 4.69) is 27.9 Å². The number of anilines is 1. The van der Waals surface area contributed by atoms with Crippen LogP contribution in [0.15, 0.2) is 37.8 Å². The summed E-state index contributed by atoms with van der Waals surface area (Å²) < 4.78 is 27.7. The van der Waals surface area contributed by atoms with Crippen LogP contribution in [0.3, 0.4) is 0 Å². The third-order valence-electron chi connectivity index (χ3n) is 4.05. The number of rotatable bonds is 7. The molecule has 3 heterocycles. The summed E-state index contributed by atoms with van der Waals surface area (Å²) in [5, 5.41) is 14.5. The van der Waals surface area contributed by atoms with Crippen molar-refractivity contribution >= 4 is 40.3 Å². The van der Waals surface area contributed by atoms with Crippen molar-refractivity contribution in [3.63, 3.8) is 0 Å². The van der Waals surface area contributed by atoms with Crippen molar-refractivity contribution in [1.82, 2.24) is 13.1 Å². The maximum atomic E-state index is 12.0. The van der Waals surface area contributed by atoms with Crippen LogP contribution in [0.4, 0.5) is 5.82 Å². The first-order valence-electron chi connectivity index (χ1n) is 11.5. The molecule has 0 fully saturated rings. The van der Waals surface area contributed by atoms with E-state index in [1.807, 2.05) is 47.6 Å². The summed E-state index contributed by atoms with van der Waals surface area (Å²) >= 11 is 2.44. The van der Waals surface area contributed by atoms with Crippen molar-refractivity contribution in [2.45, 2.75) is 74.8 Å². The van der Waals surface area contributed by atoms with Gasteiger partial charge in [0.05, 0.1) is 24.5 Å². The number of thioether (sulfide) groups is 1. The van der Waals surface area contributed by atoms with E-state index in [0.29, 0.717) is 36.0 Å². The summed E-state index contributed by atoms with van der Waals surface area (Å²) in [6.07, 6.45) is 3.25. The second-order valence-corrected chi connectivity index (χ2v) is 10.0. The molecule has 0 spiro atoms. The number of aliphatic hydroxyl groups excluding tert-OH is 1. The molecule has 1 aliphatic rings. The Morgan fingerprint density at radius 3 is 2.29 bits per heavy atom. The standard InChI is InChI=1S/C9H11N3OS.C9H16N2O2S2.C3H8.C2H6/c1-6-3-8(13-7(6)2)4-10-9-5-11-14-12-9;1-3-11(4-2)15(13)9-8(12)5-7(10)6-14-9;1-3-2;1-2/h3,5H,4H2,1-2H3,(H,10,12);6,12H,3-5,10H2,1-2H3;3H2,1-2H3;1-2H3. The van der Waals surface area contributed by atoms with E-state index < -0.39 is 11.0 Å². The number of nitrogens with one attached hydrogen (secondary N) is 1. The van der Waals surface area contributed by atoms with E-state index in [4.69, 9.17) is 10.2 Å². The van der Waals surface area contributed by atoms with Gasteiger partial charge in [-0.15, -0.1) is 0 Å². The van der Waals surface area contributed by atoms with Crippen LogP contribution in [0.25, 0.3) is 0 Å². The molecule has 8 nitrogen and oxygen atoms in total. The lowest BCUT2D eigenvalue weighted by atomic mass is 10.3. The first kappa shape index (κ1) is 32.2. The van der Waals surface area contributed by atoms with Crippen molar-refractivity contribution in [1.29, 1.82) is 0 Å². The normalized spacial score (nSPS) is 13.5. The molecule has 34 heavy (non-hydrogen) atoms. The Morgan fingerprint density at radius 2 is 1.85 bits per heavy atom. The molecule has 0 aromatic carbocycles. The largest absolute Gasteiger partial charge is 0.510 e. The Bertz CT molecular complexity index is 872. The van der Waals surface area contributed by atoms with E-state index in [1.54, 1.807) is 15.9 Å². The fourth-order valence-corrected chi connectivity index (χ4v) is 5.09. The molecule has 0 saturated carbocycles. The predicted molar refractivity (Wildman–Crippen MR) is 148 cm³/mol. The maximum Gasteiger partial charge on any atom is 0.160 e. The molecule has 4 N–H and O–H groups in total. The lowest BCUT2D eigenvalue weighted by molar-refractivity contribution is 0.396. The minimum atomic E-state index is -1.26. The van der Waals surface area contributed by atoms with Crippen molar-refractivity contribution in [3.8, 4) is 0 Å². The zero-order valence-corrected chi connectivity index (χ0v) is 24.1. The van der Waals surface area contributed by atoms with Gasteiger partial charge in [0.25, 0.3) is 0 Å². The number of hydrogen-bond acceptors (Lipinski definition) is 9. The average molecular weight is 532 g/mol. The van der Waals surface area contributed by atoms with Crippen LogP contribution in [0.5, 0.6) is 0 Å². The molecule has 2 aromatic heterocycles. The summed E-state index contributed by atoms with van der Waals surface area (Å²) in [4.78, 5) is 0. The molecule has 0 aliphatic carbocycles. The molecule has 1 unspecified atom stereocenters. The van der Waals surface area contributed by atoms with Gasteiger partial charge in [-0.05, 0) is 30.9 Å². The van der Waals surface area contributed by atoms with Gasteiger partial charge in [0.1, 0.15) is 32.5 Å². The molecule has 1 aliphatic heterocycles. The summed E-state index contributed by atoms with van der Waals surface area (Å²) in [6, 6.07) is 2.03. The third kappa shape index (κ3) is 11.5. The molecular weight excluding hydrogens is 490 g/mol. The summed E-state index contributed by atoms with van der Waals surface area (Å²) in [6.45, 7) is 18.2. The van der Waals surface area contributed by atoms with Gasteiger partial charge in [-0.1, -0.05) is 59.7 Å². The number of aromatic nitrogens is 2. The predicted octanol–water partition coefficient (Wildman–Crippen LogP) is 6.46. The van der Waals surface area contributed by atoms with Crippen molar-refractivity contribution in [3.05, 3.63) is 50.4 Å². The zero-order chi connectivity index (χ0) is 26.1.